The number of hydrogen-bond donors (Lipinski definition) is 3. The number of carbonyl (C=O) groups is 1. The highest BCUT2D eigenvalue weighted by atomic mass is 79.9. The third-order valence-electron chi connectivity index (χ3n) is 3.29. The standard InChI is InChI=1S/C13H16BrClN2O2/c14-10-7-9(15)3-4-11(10)17-12(18)16-8-13(19)5-1-2-6-13/h3-4,7,19H,1-2,5-6,8H2,(H2,16,17,18). The Morgan fingerprint density at radius 1 is 1.42 bits per heavy atom. The lowest BCUT2D eigenvalue weighted by Gasteiger charge is -2.22. The number of anilines is 1. The number of urea groups is 1. The number of amides is 2. The van der Waals surface area contributed by atoms with Gasteiger partial charge in [0.05, 0.1) is 11.3 Å². The van der Waals surface area contributed by atoms with Crippen LogP contribution in [-0.4, -0.2) is 23.3 Å². The monoisotopic (exact) mass is 346 g/mol. The summed E-state index contributed by atoms with van der Waals surface area (Å²) in [6.45, 7) is 0.282. The van der Waals surface area contributed by atoms with Crippen LogP contribution >= 0.6 is 27.5 Å². The molecule has 2 rings (SSSR count). The highest BCUT2D eigenvalue weighted by Crippen LogP contribution is 2.29. The molecule has 0 atom stereocenters. The van der Waals surface area contributed by atoms with E-state index in [-0.39, 0.29) is 12.6 Å². The molecule has 0 unspecified atom stereocenters. The number of carbonyl (C=O) groups excluding carboxylic acids is 1. The molecule has 1 saturated carbocycles. The molecule has 0 bridgehead atoms. The van der Waals surface area contributed by atoms with E-state index in [1.54, 1.807) is 18.2 Å². The fourth-order valence-corrected chi connectivity index (χ4v) is 2.99. The molecule has 1 fully saturated rings. The van der Waals surface area contributed by atoms with Crippen LogP contribution in [0.3, 0.4) is 0 Å². The predicted octanol–water partition coefficient (Wildman–Crippen LogP) is 3.53. The van der Waals surface area contributed by atoms with Gasteiger partial charge in [-0.2, -0.15) is 0 Å². The van der Waals surface area contributed by atoms with Crippen LogP contribution in [0.1, 0.15) is 25.7 Å². The molecule has 4 nitrogen and oxygen atoms in total. The summed E-state index contributed by atoms with van der Waals surface area (Å²) < 4.78 is 0.717. The molecule has 0 aliphatic heterocycles. The number of nitrogens with one attached hydrogen (secondary N) is 2. The van der Waals surface area contributed by atoms with Gasteiger partial charge in [0, 0.05) is 16.0 Å². The Balaban J connectivity index is 1.87. The first-order valence-corrected chi connectivity index (χ1v) is 7.38. The molecule has 1 aromatic rings. The van der Waals surface area contributed by atoms with Crippen molar-refractivity contribution in [2.75, 3.05) is 11.9 Å². The van der Waals surface area contributed by atoms with Gasteiger partial charge in [-0.1, -0.05) is 24.4 Å². The molecule has 104 valence electrons. The Bertz CT molecular complexity index is 476. The maximum Gasteiger partial charge on any atom is 0.319 e. The van der Waals surface area contributed by atoms with Crippen LogP contribution in [0.4, 0.5) is 10.5 Å². The van der Waals surface area contributed by atoms with E-state index in [4.69, 9.17) is 11.6 Å². The lowest BCUT2D eigenvalue weighted by molar-refractivity contribution is 0.0506. The molecule has 0 aromatic heterocycles. The van der Waals surface area contributed by atoms with E-state index in [1.165, 1.54) is 0 Å². The molecular formula is C13H16BrClN2O2. The van der Waals surface area contributed by atoms with Crippen molar-refractivity contribution in [3.8, 4) is 0 Å². The van der Waals surface area contributed by atoms with Gasteiger partial charge in [0.25, 0.3) is 0 Å². The Hall–Kier alpha value is -0.780. The zero-order chi connectivity index (χ0) is 13.9. The molecule has 19 heavy (non-hydrogen) atoms. The highest BCUT2D eigenvalue weighted by Gasteiger charge is 2.31. The van der Waals surface area contributed by atoms with Crippen LogP contribution in [0.5, 0.6) is 0 Å². The largest absolute Gasteiger partial charge is 0.388 e. The summed E-state index contributed by atoms with van der Waals surface area (Å²) >= 11 is 9.15. The third-order valence-corrected chi connectivity index (χ3v) is 4.18. The fraction of sp³-hybridized carbons (Fsp3) is 0.462. The van der Waals surface area contributed by atoms with Gasteiger partial charge in [-0.05, 0) is 47.0 Å². The molecule has 0 radical (unpaired) electrons. The molecule has 0 saturated heterocycles. The van der Waals surface area contributed by atoms with Crippen molar-refractivity contribution in [3.63, 3.8) is 0 Å². The van der Waals surface area contributed by atoms with E-state index < -0.39 is 5.60 Å². The van der Waals surface area contributed by atoms with Gasteiger partial charge in [-0.15, -0.1) is 0 Å². The van der Waals surface area contributed by atoms with Crippen molar-refractivity contribution in [2.24, 2.45) is 0 Å². The minimum Gasteiger partial charge on any atom is -0.388 e. The number of aliphatic hydroxyl groups is 1. The third kappa shape index (κ3) is 4.09. The summed E-state index contributed by atoms with van der Waals surface area (Å²) in [4.78, 5) is 11.8. The Labute approximate surface area is 125 Å². The summed E-state index contributed by atoms with van der Waals surface area (Å²) in [5.74, 6) is 0. The Morgan fingerprint density at radius 2 is 2.11 bits per heavy atom. The Morgan fingerprint density at radius 3 is 2.74 bits per heavy atom. The second-order valence-electron chi connectivity index (χ2n) is 4.86. The van der Waals surface area contributed by atoms with Gasteiger partial charge in [0.15, 0.2) is 0 Å². The molecule has 1 aromatic carbocycles. The number of rotatable bonds is 3. The van der Waals surface area contributed by atoms with E-state index in [9.17, 15) is 9.90 Å². The average Bonchev–Trinajstić information content (AvgIpc) is 2.78. The van der Waals surface area contributed by atoms with E-state index in [0.717, 1.165) is 30.2 Å². The molecule has 1 aliphatic carbocycles. The predicted molar refractivity (Wildman–Crippen MR) is 79.6 cm³/mol. The molecule has 6 heteroatoms. The van der Waals surface area contributed by atoms with E-state index in [0.29, 0.717) is 10.7 Å². The first kappa shape index (κ1) is 14.6. The molecule has 3 N–H and O–H groups in total. The fourth-order valence-electron chi connectivity index (χ4n) is 2.21. The summed E-state index contributed by atoms with van der Waals surface area (Å²) in [7, 11) is 0. The van der Waals surface area contributed by atoms with Gasteiger partial charge in [-0.25, -0.2) is 4.79 Å². The quantitative estimate of drug-likeness (QED) is 0.783. The van der Waals surface area contributed by atoms with Crippen molar-refractivity contribution >= 4 is 39.2 Å². The van der Waals surface area contributed by atoms with Crippen LogP contribution in [0, 0.1) is 0 Å². The summed E-state index contributed by atoms with van der Waals surface area (Å²) in [6.07, 6.45) is 3.53. The maximum atomic E-state index is 11.8. The van der Waals surface area contributed by atoms with Crippen molar-refractivity contribution in [1.29, 1.82) is 0 Å². The highest BCUT2D eigenvalue weighted by molar-refractivity contribution is 9.10. The van der Waals surface area contributed by atoms with Crippen LogP contribution in [0.25, 0.3) is 0 Å². The van der Waals surface area contributed by atoms with E-state index in [1.807, 2.05) is 0 Å². The lowest BCUT2D eigenvalue weighted by atomic mass is 10.0. The molecule has 0 heterocycles. The minimum absolute atomic E-state index is 0.282. The minimum atomic E-state index is -0.741. The lowest BCUT2D eigenvalue weighted by Crippen LogP contribution is -2.42. The first-order chi connectivity index (χ1) is 8.98. The van der Waals surface area contributed by atoms with Crippen LogP contribution in [0.15, 0.2) is 22.7 Å². The topological polar surface area (TPSA) is 61.4 Å². The zero-order valence-electron chi connectivity index (χ0n) is 10.4. The van der Waals surface area contributed by atoms with Crippen LogP contribution in [0.2, 0.25) is 5.02 Å². The summed E-state index contributed by atoms with van der Waals surface area (Å²) in [6, 6.07) is 4.80. The second kappa shape index (κ2) is 6.11. The van der Waals surface area contributed by atoms with Gasteiger partial charge in [0.1, 0.15) is 0 Å². The van der Waals surface area contributed by atoms with Crippen LogP contribution < -0.4 is 10.6 Å². The normalized spacial score (nSPS) is 17.2. The SMILES string of the molecule is O=C(NCC1(O)CCCC1)Nc1ccc(Cl)cc1Br. The summed E-state index contributed by atoms with van der Waals surface area (Å²) in [5, 5.41) is 16.1. The second-order valence-corrected chi connectivity index (χ2v) is 6.15. The molecule has 1 aliphatic rings. The van der Waals surface area contributed by atoms with Gasteiger partial charge < -0.3 is 15.7 Å². The van der Waals surface area contributed by atoms with Crippen molar-refractivity contribution in [1.82, 2.24) is 5.32 Å². The number of benzene rings is 1. The van der Waals surface area contributed by atoms with Gasteiger partial charge in [0.2, 0.25) is 0 Å². The van der Waals surface area contributed by atoms with Gasteiger partial charge in [-0.3, -0.25) is 0 Å². The number of hydrogen-bond acceptors (Lipinski definition) is 2. The average molecular weight is 348 g/mol. The van der Waals surface area contributed by atoms with E-state index >= 15 is 0 Å². The van der Waals surface area contributed by atoms with Crippen LogP contribution in [-0.2, 0) is 0 Å². The van der Waals surface area contributed by atoms with Crippen molar-refractivity contribution in [2.45, 2.75) is 31.3 Å². The van der Waals surface area contributed by atoms with E-state index in [2.05, 4.69) is 26.6 Å². The number of halogens is 2. The molecular weight excluding hydrogens is 332 g/mol. The first-order valence-electron chi connectivity index (χ1n) is 6.21. The smallest absolute Gasteiger partial charge is 0.319 e. The summed E-state index contributed by atoms with van der Waals surface area (Å²) in [5.41, 5.74) is -0.102. The zero-order valence-corrected chi connectivity index (χ0v) is 12.7. The maximum absolute atomic E-state index is 11.8. The van der Waals surface area contributed by atoms with Gasteiger partial charge >= 0.3 is 6.03 Å². The van der Waals surface area contributed by atoms with Crippen molar-refractivity contribution < 1.29 is 9.90 Å². The molecule has 2 amide bonds. The van der Waals surface area contributed by atoms with Crippen molar-refractivity contribution in [3.05, 3.63) is 27.7 Å². The molecule has 0 spiro atoms. The Kier molecular flexibility index (Phi) is 4.71.